The lowest BCUT2D eigenvalue weighted by molar-refractivity contribution is -0.141. The third-order valence-corrected chi connectivity index (χ3v) is 3.49. The minimum Gasteiger partial charge on any atom is -0.481 e. The number of hydrogen-bond donors (Lipinski definition) is 2. The largest absolute Gasteiger partial charge is 0.481 e. The van der Waals surface area contributed by atoms with Gasteiger partial charge in [0.15, 0.2) is 0 Å². The highest BCUT2D eigenvalue weighted by Crippen LogP contribution is 2.44. The molecule has 1 rings (SSSR count). The van der Waals surface area contributed by atoms with Crippen LogP contribution in [0.2, 0.25) is 0 Å². The second-order valence-electron chi connectivity index (χ2n) is 5.10. The summed E-state index contributed by atoms with van der Waals surface area (Å²) in [7, 11) is 0. The predicted octanol–water partition coefficient (Wildman–Crippen LogP) is 1.99. The molecule has 0 aliphatic heterocycles. The van der Waals surface area contributed by atoms with Crippen LogP contribution in [0.5, 0.6) is 0 Å². The second-order valence-corrected chi connectivity index (χ2v) is 5.10. The highest BCUT2D eigenvalue weighted by atomic mass is 16.4. The van der Waals surface area contributed by atoms with Crippen LogP contribution >= 0.6 is 0 Å². The van der Waals surface area contributed by atoms with Gasteiger partial charge in [-0.05, 0) is 30.6 Å². The van der Waals surface area contributed by atoms with Crippen molar-refractivity contribution in [2.75, 3.05) is 0 Å². The smallest absolute Gasteiger partial charge is 0.306 e. The van der Waals surface area contributed by atoms with Crippen molar-refractivity contribution < 1.29 is 19.8 Å². The Morgan fingerprint density at radius 2 is 1.87 bits per heavy atom. The zero-order valence-corrected chi connectivity index (χ0v) is 9.19. The molecule has 0 aromatic heterocycles. The van der Waals surface area contributed by atoms with E-state index in [1.54, 1.807) is 0 Å². The fourth-order valence-corrected chi connectivity index (χ4v) is 2.45. The van der Waals surface area contributed by atoms with E-state index in [0.717, 1.165) is 6.42 Å². The molecule has 1 fully saturated rings. The van der Waals surface area contributed by atoms with Crippen LogP contribution in [-0.2, 0) is 9.59 Å². The van der Waals surface area contributed by atoms with Crippen LogP contribution in [0.3, 0.4) is 0 Å². The molecule has 0 saturated heterocycles. The van der Waals surface area contributed by atoms with E-state index in [9.17, 15) is 9.59 Å². The third kappa shape index (κ3) is 2.94. The van der Waals surface area contributed by atoms with Crippen molar-refractivity contribution in [3.8, 4) is 0 Å². The normalized spacial score (nSPS) is 26.5. The number of rotatable bonds is 4. The summed E-state index contributed by atoms with van der Waals surface area (Å²) in [6.07, 6.45) is 2.25. The maximum atomic E-state index is 10.8. The lowest BCUT2D eigenvalue weighted by atomic mass is 9.75. The molecule has 0 radical (unpaired) electrons. The Bertz CT molecular complexity index is 270. The van der Waals surface area contributed by atoms with Gasteiger partial charge >= 0.3 is 11.9 Å². The van der Waals surface area contributed by atoms with Gasteiger partial charge in [0, 0.05) is 0 Å². The van der Waals surface area contributed by atoms with Crippen molar-refractivity contribution >= 4 is 11.9 Å². The Morgan fingerprint density at radius 1 is 1.27 bits per heavy atom. The molecule has 0 aromatic carbocycles. The van der Waals surface area contributed by atoms with E-state index < -0.39 is 11.9 Å². The predicted molar refractivity (Wildman–Crippen MR) is 54.5 cm³/mol. The summed E-state index contributed by atoms with van der Waals surface area (Å²) in [4.78, 5) is 21.5. The molecule has 2 N–H and O–H groups in total. The quantitative estimate of drug-likeness (QED) is 0.750. The van der Waals surface area contributed by atoms with E-state index in [-0.39, 0.29) is 23.7 Å². The molecule has 15 heavy (non-hydrogen) atoms. The minimum absolute atomic E-state index is 0.115. The zero-order valence-electron chi connectivity index (χ0n) is 9.19. The van der Waals surface area contributed by atoms with Gasteiger partial charge in [-0.3, -0.25) is 9.59 Å². The molecular weight excluding hydrogens is 196 g/mol. The van der Waals surface area contributed by atoms with E-state index in [2.05, 4.69) is 0 Å². The zero-order chi connectivity index (χ0) is 11.6. The molecule has 0 bridgehead atoms. The lowest BCUT2D eigenvalue weighted by Crippen LogP contribution is -2.26. The third-order valence-electron chi connectivity index (χ3n) is 3.49. The van der Waals surface area contributed by atoms with Crippen molar-refractivity contribution in [2.45, 2.75) is 39.5 Å². The molecule has 4 nitrogen and oxygen atoms in total. The molecule has 2 atom stereocenters. The van der Waals surface area contributed by atoms with Crippen LogP contribution < -0.4 is 0 Å². The van der Waals surface area contributed by atoms with Gasteiger partial charge in [-0.1, -0.05) is 13.8 Å². The van der Waals surface area contributed by atoms with E-state index in [0.29, 0.717) is 12.8 Å². The summed E-state index contributed by atoms with van der Waals surface area (Å²) in [6, 6.07) is 0. The Kier molecular flexibility index (Phi) is 3.37. The van der Waals surface area contributed by atoms with Gasteiger partial charge in [-0.15, -0.1) is 0 Å². The van der Waals surface area contributed by atoms with Crippen LogP contribution in [0.25, 0.3) is 0 Å². The Labute approximate surface area is 89.3 Å². The van der Waals surface area contributed by atoms with Gasteiger partial charge in [0.05, 0.1) is 12.3 Å². The first kappa shape index (κ1) is 12.0. The van der Waals surface area contributed by atoms with Crippen molar-refractivity contribution in [1.82, 2.24) is 0 Å². The van der Waals surface area contributed by atoms with Gasteiger partial charge in [0.2, 0.25) is 0 Å². The molecule has 0 amide bonds. The first-order valence-corrected chi connectivity index (χ1v) is 5.27. The maximum absolute atomic E-state index is 10.8. The Morgan fingerprint density at radius 3 is 2.27 bits per heavy atom. The average molecular weight is 214 g/mol. The van der Waals surface area contributed by atoms with E-state index in [1.807, 2.05) is 13.8 Å². The van der Waals surface area contributed by atoms with Gasteiger partial charge in [0.25, 0.3) is 0 Å². The van der Waals surface area contributed by atoms with Crippen LogP contribution in [0, 0.1) is 17.3 Å². The van der Waals surface area contributed by atoms with Crippen molar-refractivity contribution in [3.05, 3.63) is 0 Å². The monoisotopic (exact) mass is 214 g/mol. The molecule has 4 heteroatoms. The van der Waals surface area contributed by atoms with Gasteiger partial charge < -0.3 is 10.2 Å². The van der Waals surface area contributed by atoms with Gasteiger partial charge in [-0.25, -0.2) is 0 Å². The summed E-state index contributed by atoms with van der Waals surface area (Å²) < 4.78 is 0. The van der Waals surface area contributed by atoms with E-state index >= 15 is 0 Å². The summed E-state index contributed by atoms with van der Waals surface area (Å²) in [6.45, 7) is 3.83. The number of aliphatic carboxylic acids is 2. The highest BCUT2D eigenvalue weighted by Gasteiger charge is 2.39. The summed E-state index contributed by atoms with van der Waals surface area (Å²) in [5.74, 6) is -1.61. The van der Waals surface area contributed by atoms with Crippen LogP contribution in [-0.4, -0.2) is 22.2 Å². The average Bonchev–Trinajstić information content (AvgIpc) is 2.48. The molecule has 0 aromatic rings. The Hall–Kier alpha value is -1.06. The molecular formula is C11H18O4. The highest BCUT2D eigenvalue weighted by molar-refractivity contribution is 5.70. The minimum atomic E-state index is -0.807. The lowest BCUT2D eigenvalue weighted by Gasteiger charge is -2.29. The first-order valence-electron chi connectivity index (χ1n) is 5.27. The number of carboxylic acid groups (broad SMARTS) is 2. The molecule has 1 saturated carbocycles. The molecule has 1 aliphatic carbocycles. The summed E-state index contributed by atoms with van der Waals surface area (Å²) in [5, 5.41) is 17.6. The molecule has 1 aliphatic rings. The van der Waals surface area contributed by atoms with Crippen LogP contribution in [0.15, 0.2) is 0 Å². The molecule has 0 heterocycles. The maximum Gasteiger partial charge on any atom is 0.306 e. The molecule has 86 valence electrons. The molecule has 0 spiro atoms. The fraction of sp³-hybridized carbons (Fsp3) is 0.818. The standard InChI is InChI=1S/C11H18O4/c1-11(2,6-9(12)13)8-4-3-7(5-8)10(14)15/h7-8H,3-6H2,1-2H3,(H,12,13)(H,14,15). The first-order chi connectivity index (χ1) is 6.83. The molecule has 2 unspecified atom stereocenters. The number of carboxylic acids is 2. The van der Waals surface area contributed by atoms with Gasteiger partial charge in [-0.2, -0.15) is 0 Å². The van der Waals surface area contributed by atoms with Crippen molar-refractivity contribution in [1.29, 1.82) is 0 Å². The van der Waals surface area contributed by atoms with Crippen molar-refractivity contribution in [2.24, 2.45) is 17.3 Å². The van der Waals surface area contributed by atoms with E-state index in [1.165, 1.54) is 0 Å². The topological polar surface area (TPSA) is 74.6 Å². The number of hydrogen-bond acceptors (Lipinski definition) is 2. The summed E-state index contributed by atoms with van der Waals surface area (Å²) >= 11 is 0. The SMILES string of the molecule is CC(C)(CC(=O)O)C1CCC(C(=O)O)C1. The van der Waals surface area contributed by atoms with Crippen LogP contribution in [0.4, 0.5) is 0 Å². The second kappa shape index (κ2) is 4.21. The van der Waals surface area contributed by atoms with Gasteiger partial charge in [0.1, 0.15) is 0 Å². The fourth-order valence-electron chi connectivity index (χ4n) is 2.45. The Balaban J connectivity index is 2.59. The van der Waals surface area contributed by atoms with Crippen molar-refractivity contribution in [3.63, 3.8) is 0 Å². The van der Waals surface area contributed by atoms with Crippen LogP contribution in [0.1, 0.15) is 39.5 Å². The summed E-state index contributed by atoms with van der Waals surface area (Å²) in [5.41, 5.74) is -0.296. The number of carbonyl (C=O) groups is 2. The van der Waals surface area contributed by atoms with E-state index in [4.69, 9.17) is 10.2 Å².